The number of ether oxygens (including phenoxy) is 5. The van der Waals surface area contributed by atoms with Crippen LogP contribution in [0.4, 0.5) is 0 Å². The molecular formula is C27H35NO8S. The number of Topliss-reactive ketones (excluding diaryl/α,β-unsaturated/α-hetero) is 1. The molecule has 0 saturated carbocycles. The van der Waals surface area contributed by atoms with E-state index in [0.29, 0.717) is 57.5 Å². The summed E-state index contributed by atoms with van der Waals surface area (Å²) in [5.74, 6) is -0.882. The molecule has 0 fully saturated rings. The van der Waals surface area contributed by atoms with Crippen LogP contribution in [0.5, 0.6) is 17.2 Å². The van der Waals surface area contributed by atoms with E-state index in [1.165, 1.54) is 28.4 Å². The number of esters is 2. The lowest BCUT2D eigenvalue weighted by molar-refractivity contribution is -0.151. The molecule has 3 atom stereocenters. The van der Waals surface area contributed by atoms with Crippen LogP contribution >= 0.6 is 11.8 Å². The van der Waals surface area contributed by atoms with Crippen LogP contribution in [-0.4, -0.2) is 64.3 Å². The average molecular weight is 534 g/mol. The number of hydrogen-bond donors (Lipinski definition) is 1. The Balaban J connectivity index is 2.21. The van der Waals surface area contributed by atoms with E-state index < -0.39 is 23.8 Å². The van der Waals surface area contributed by atoms with Crippen molar-refractivity contribution in [3.63, 3.8) is 0 Å². The second kappa shape index (κ2) is 12.4. The van der Waals surface area contributed by atoms with Crippen LogP contribution in [0.1, 0.15) is 38.7 Å². The van der Waals surface area contributed by atoms with Crippen molar-refractivity contribution < 1.29 is 38.1 Å². The molecule has 1 aromatic rings. The van der Waals surface area contributed by atoms with Gasteiger partial charge in [-0.15, -0.1) is 0 Å². The van der Waals surface area contributed by atoms with Crippen molar-refractivity contribution >= 4 is 29.5 Å². The van der Waals surface area contributed by atoms with E-state index in [-0.39, 0.29) is 18.3 Å². The standard InChI is InChI=1S/C27H35NO8S/c1-8-37-10-9-36-27(31)21-15(3)28-17-11-14(2)20(26(30)35-7)24(29)23(17)22(21)16-12-18(32-4)25(34-6)19(13-16)33-5/h12-14,20,22,28H,8-11H2,1-7H3/t14-,20-,22+/m1/s1. The Labute approximate surface area is 221 Å². The summed E-state index contributed by atoms with van der Waals surface area (Å²) >= 11 is 1.66. The molecule has 9 nitrogen and oxygen atoms in total. The molecule has 0 spiro atoms. The SMILES string of the molecule is CCSCCOC(=O)C1=C(C)NC2=C(C(=O)[C@H](C(=O)OC)[C@H](C)C2)[C@H]1c1cc(OC)c(OC)c(OC)c1. The highest BCUT2D eigenvalue weighted by Gasteiger charge is 2.47. The van der Waals surface area contributed by atoms with Gasteiger partial charge in [0.15, 0.2) is 17.3 Å². The summed E-state index contributed by atoms with van der Waals surface area (Å²) in [4.78, 5) is 40.0. The Morgan fingerprint density at radius 3 is 2.27 bits per heavy atom. The number of methoxy groups -OCH3 is 4. The number of benzene rings is 1. The van der Waals surface area contributed by atoms with Crippen LogP contribution in [0.2, 0.25) is 0 Å². The number of dihydropyridines is 1. The molecule has 0 amide bonds. The predicted octanol–water partition coefficient (Wildman–Crippen LogP) is 3.62. The quantitative estimate of drug-likeness (QED) is 0.272. The first-order chi connectivity index (χ1) is 17.7. The number of carbonyl (C=O) groups is 3. The minimum atomic E-state index is -0.980. The van der Waals surface area contributed by atoms with Gasteiger partial charge in [0.1, 0.15) is 12.5 Å². The monoisotopic (exact) mass is 533 g/mol. The first-order valence-corrected chi connectivity index (χ1v) is 13.3. The van der Waals surface area contributed by atoms with Gasteiger partial charge in [0.25, 0.3) is 0 Å². The van der Waals surface area contributed by atoms with Crippen LogP contribution in [-0.2, 0) is 23.9 Å². The summed E-state index contributed by atoms with van der Waals surface area (Å²) in [6.07, 6.45) is 0.439. The molecule has 1 aromatic carbocycles. The molecule has 0 radical (unpaired) electrons. The van der Waals surface area contributed by atoms with Gasteiger partial charge in [-0.3, -0.25) is 9.59 Å². The highest BCUT2D eigenvalue weighted by Crippen LogP contribution is 2.49. The Kier molecular flexibility index (Phi) is 9.53. The van der Waals surface area contributed by atoms with Crippen molar-refractivity contribution in [3.05, 3.63) is 40.2 Å². The first kappa shape index (κ1) is 28.4. The minimum absolute atomic E-state index is 0.234. The van der Waals surface area contributed by atoms with E-state index in [1.54, 1.807) is 30.8 Å². The molecule has 2 aliphatic rings. The highest BCUT2D eigenvalue weighted by molar-refractivity contribution is 7.99. The third-order valence-electron chi connectivity index (χ3n) is 6.65. The zero-order valence-corrected chi connectivity index (χ0v) is 23.2. The third kappa shape index (κ3) is 5.58. The van der Waals surface area contributed by atoms with Gasteiger partial charge in [-0.2, -0.15) is 11.8 Å². The largest absolute Gasteiger partial charge is 0.493 e. The van der Waals surface area contributed by atoms with Crippen LogP contribution in [0.15, 0.2) is 34.7 Å². The molecule has 10 heteroatoms. The minimum Gasteiger partial charge on any atom is -0.493 e. The number of allylic oxidation sites excluding steroid dienone is 3. The van der Waals surface area contributed by atoms with Gasteiger partial charge >= 0.3 is 11.9 Å². The summed E-state index contributed by atoms with van der Waals surface area (Å²) in [7, 11) is 5.76. The lowest BCUT2D eigenvalue weighted by Crippen LogP contribution is -2.43. The number of carbonyl (C=O) groups excluding carboxylic acids is 3. The Bertz CT molecular complexity index is 1100. The van der Waals surface area contributed by atoms with Crippen molar-refractivity contribution in [3.8, 4) is 17.2 Å². The Hall–Kier alpha value is -3.14. The molecule has 1 aliphatic heterocycles. The van der Waals surface area contributed by atoms with Crippen LogP contribution in [0.3, 0.4) is 0 Å². The van der Waals surface area contributed by atoms with E-state index >= 15 is 0 Å². The van der Waals surface area contributed by atoms with Crippen molar-refractivity contribution in [1.29, 1.82) is 0 Å². The van der Waals surface area contributed by atoms with Crippen LogP contribution < -0.4 is 19.5 Å². The zero-order chi connectivity index (χ0) is 27.3. The molecule has 1 heterocycles. The Morgan fingerprint density at radius 1 is 1.08 bits per heavy atom. The fourth-order valence-corrected chi connectivity index (χ4v) is 5.46. The number of hydrogen-bond acceptors (Lipinski definition) is 10. The second-order valence-electron chi connectivity index (χ2n) is 8.83. The third-order valence-corrected chi connectivity index (χ3v) is 7.51. The van der Waals surface area contributed by atoms with E-state index in [2.05, 4.69) is 5.32 Å². The lowest BCUT2D eigenvalue weighted by atomic mass is 9.69. The van der Waals surface area contributed by atoms with Gasteiger partial charge in [0, 0.05) is 28.6 Å². The highest BCUT2D eigenvalue weighted by atomic mass is 32.2. The molecule has 0 saturated heterocycles. The smallest absolute Gasteiger partial charge is 0.336 e. The molecule has 1 N–H and O–H groups in total. The fourth-order valence-electron chi connectivity index (χ4n) is 4.97. The van der Waals surface area contributed by atoms with Crippen LogP contribution in [0.25, 0.3) is 0 Å². The topological polar surface area (TPSA) is 109 Å². The van der Waals surface area contributed by atoms with Crippen molar-refractivity contribution in [2.24, 2.45) is 11.8 Å². The molecule has 202 valence electrons. The van der Waals surface area contributed by atoms with Gasteiger partial charge in [-0.1, -0.05) is 13.8 Å². The summed E-state index contributed by atoms with van der Waals surface area (Å²) in [5.41, 5.74) is 2.46. The number of rotatable bonds is 10. The predicted molar refractivity (Wildman–Crippen MR) is 140 cm³/mol. The van der Waals surface area contributed by atoms with Gasteiger partial charge < -0.3 is 29.0 Å². The normalized spacial score (nSPS) is 21.2. The second-order valence-corrected chi connectivity index (χ2v) is 10.2. The van der Waals surface area contributed by atoms with E-state index in [0.717, 1.165) is 5.75 Å². The molecular weight excluding hydrogens is 498 g/mol. The van der Waals surface area contributed by atoms with Crippen molar-refractivity contribution in [2.45, 2.75) is 33.1 Å². The molecule has 0 bridgehead atoms. The summed E-state index contributed by atoms with van der Waals surface area (Å²) in [6, 6.07) is 3.43. The van der Waals surface area contributed by atoms with E-state index in [4.69, 9.17) is 23.7 Å². The maximum atomic E-state index is 13.9. The van der Waals surface area contributed by atoms with Crippen molar-refractivity contribution in [2.75, 3.05) is 46.6 Å². The van der Waals surface area contributed by atoms with Crippen molar-refractivity contribution in [1.82, 2.24) is 5.32 Å². The van der Waals surface area contributed by atoms with Gasteiger partial charge in [-0.05, 0) is 42.7 Å². The average Bonchev–Trinajstić information content (AvgIpc) is 2.88. The van der Waals surface area contributed by atoms with Gasteiger partial charge in [-0.25, -0.2) is 4.79 Å². The number of thioether (sulfide) groups is 1. The van der Waals surface area contributed by atoms with Crippen LogP contribution in [0, 0.1) is 11.8 Å². The molecule has 0 aromatic heterocycles. The fraction of sp³-hybridized carbons (Fsp3) is 0.519. The summed E-state index contributed by atoms with van der Waals surface area (Å²) in [5, 5.41) is 3.26. The van der Waals surface area contributed by atoms with Gasteiger partial charge in [0.2, 0.25) is 5.75 Å². The summed E-state index contributed by atoms with van der Waals surface area (Å²) < 4.78 is 27.2. The number of ketones is 1. The molecule has 1 aliphatic carbocycles. The Morgan fingerprint density at radius 2 is 1.73 bits per heavy atom. The molecule has 3 rings (SSSR count). The summed E-state index contributed by atoms with van der Waals surface area (Å²) in [6.45, 7) is 5.89. The maximum absolute atomic E-state index is 13.9. The van der Waals surface area contributed by atoms with E-state index in [1.807, 2.05) is 13.8 Å². The zero-order valence-electron chi connectivity index (χ0n) is 22.4. The molecule has 37 heavy (non-hydrogen) atoms. The number of nitrogens with one attached hydrogen (secondary N) is 1. The van der Waals surface area contributed by atoms with E-state index in [9.17, 15) is 14.4 Å². The maximum Gasteiger partial charge on any atom is 0.336 e. The lowest BCUT2D eigenvalue weighted by Gasteiger charge is -2.38. The first-order valence-electron chi connectivity index (χ1n) is 12.1. The van der Waals surface area contributed by atoms with Gasteiger partial charge in [0.05, 0.1) is 34.0 Å². The molecule has 0 unspecified atom stereocenters.